The van der Waals surface area contributed by atoms with E-state index in [4.69, 9.17) is 18.9 Å². The fraction of sp³-hybridized carbons (Fsp3) is 0.394. The molecule has 0 atom stereocenters. The van der Waals surface area contributed by atoms with Crippen LogP contribution in [0.5, 0.6) is 0 Å². The zero-order valence-electron chi connectivity index (χ0n) is 24.9. The molecule has 4 nitrogen and oxygen atoms in total. The normalized spacial score (nSPS) is 17.2. The number of rotatable bonds is 4. The van der Waals surface area contributed by atoms with Gasteiger partial charge in [-0.3, -0.25) is 0 Å². The Labute approximate surface area is 258 Å². The van der Waals surface area contributed by atoms with Crippen LogP contribution in [0.1, 0.15) is 61.3 Å². The number of hydrogen-bond acceptors (Lipinski definition) is 8. The first-order valence-electron chi connectivity index (χ1n) is 13.8. The number of ether oxygens (including phenoxy) is 4. The standard InChI is InChI=1S/C33H36O4S4/c1-17-9-25(21(5)38-17)29-30(26-10-18(2)39-22(26)6)35-14-33(13-34-29)15-36-31(27-11-19(3)40-23(27)7)32(37-16-33)28-12-20(4)41-24(28)8/h9-12H,13-16H2,1-8H3. The van der Waals surface area contributed by atoms with E-state index in [2.05, 4.69) is 79.7 Å². The van der Waals surface area contributed by atoms with Crippen LogP contribution in [-0.4, -0.2) is 26.4 Å². The smallest absolute Gasteiger partial charge is 0.170 e. The molecule has 0 aromatic carbocycles. The van der Waals surface area contributed by atoms with E-state index in [1.165, 1.54) is 39.0 Å². The molecule has 8 heteroatoms. The van der Waals surface area contributed by atoms with Crippen LogP contribution in [0.3, 0.4) is 0 Å². The maximum absolute atomic E-state index is 6.79. The predicted molar refractivity (Wildman–Crippen MR) is 175 cm³/mol. The van der Waals surface area contributed by atoms with E-state index in [0.717, 1.165) is 45.3 Å². The van der Waals surface area contributed by atoms with Gasteiger partial charge in [0, 0.05) is 61.3 Å². The van der Waals surface area contributed by atoms with Crippen molar-refractivity contribution in [1.82, 2.24) is 0 Å². The largest absolute Gasteiger partial charge is 0.488 e. The second kappa shape index (κ2) is 11.0. The second-order valence-corrected chi connectivity index (χ2v) is 17.1. The lowest BCUT2D eigenvalue weighted by molar-refractivity contribution is -0.0114. The predicted octanol–water partition coefficient (Wildman–Crippen LogP) is 9.83. The summed E-state index contributed by atoms with van der Waals surface area (Å²) in [5, 5.41) is 0. The molecule has 4 aromatic heterocycles. The van der Waals surface area contributed by atoms with Crippen LogP contribution in [0.25, 0.3) is 23.0 Å². The van der Waals surface area contributed by atoms with E-state index in [0.29, 0.717) is 26.4 Å². The van der Waals surface area contributed by atoms with Gasteiger partial charge in [-0.05, 0) is 79.7 Å². The Bertz CT molecular complexity index is 1440. The summed E-state index contributed by atoms with van der Waals surface area (Å²) >= 11 is 7.15. The monoisotopic (exact) mass is 624 g/mol. The first-order valence-corrected chi connectivity index (χ1v) is 17.1. The molecule has 1 spiro atoms. The summed E-state index contributed by atoms with van der Waals surface area (Å²) in [6.07, 6.45) is 0. The molecule has 2 aliphatic rings. The third-order valence-electron chi connectivity index (χ3n) is 7.65. The van der Waals surface area contributed by atoms with Crippen molar-refractivity contribution < 1.29 is 18.9 Å². The van der Waals surface area contributed by atoms with Crippen LogP contribution in [0, 0.1) is 60.8 Å². The van der Waals surface area contributed by atoms with Gasteiger partial charge in [-0.2, -0.15) is 0 Å². The average Bonchev–Trinajstić information content (AvgIpc) is 3.55. The molecule has 0 radical (unpaired) electrons. The molecule has 0 N–H and O–H groups in total. The van der Waals surface area contributed by atoms with Crippen molar-refractivity contribution in [3.05, 3.63) is 85.5 Å². The minimum absolute atomic E-state index is 0.437. The summed E-state index contributed by atoms with van der Waals surface area (Å²) < 4.78 is 27.2. The van der Waals surface area contributed by atoms with E-state index >= 15 is 0 Å². The van der Waals surface area contributed by atoms with Crippen molar-refractivity contribution in [2.75, 3.05) is 26.4 Å². The highest BCUT2D eigenvalue weighted by Crippen LogP contribution is 2.45. The van der Waals surface area contributed by atoms with E-state index in [1.807, 2.05) is 0 Å². The molecule has 6 heterocycles. The molecule has 2 aliphatic heterocycles. The lowest BCUT2D eigenvalue weighted by atomic mass is 9.92. The van der Waals surface area contributed by atoms with Crippen molar-refractivity contribution in [3.63, 3.8) is 0 Å². The average molecular weight is 625 g/mol. The molecular weight excluding hydrogens is 589 g/mol. The molecular formula is C33H36O4S4. The van der Waals surface area contributed by atoms with E-state index in [9.17, 15) is 0 Å². The van der Waals surface area contributed by atoms with Gasteiger partial charge in [0.1, 0.15) is 31.8 Å². The summed E-state index contributed by atoms with van der Waals surface area (Å²) in [6.45, 7) is 18.9. The highest BCUT2D eigenvalue weighted by Gasteiger charge is 2.42. The van der Waals surface area contributed by atoms with Crippen LogP contribution >= 0.6 is 45.3 Å². The Balaban J connectivity index is 1.38. The van der Waals surface area contributed by atoms with Gasteiger partial charge >= 0.3 is 0 Å². The molecule has 41 heavy (non-hydrogen) atoms. The van der Waals surface area contributed by atoms with Gasteiger partial charge in [-0.1, -0.05) is 0 Å². The topological polar surface area (TPSA) is 36.9 Å². The zero-order chi connectivity index (χ0) is 29.1. The summed E-state index contributed by atoms with van der Waals surface area (Å²) in [7, 11) is 0. The van der Waals surface area contributed by atoms with Crippen LogP contribution in [0.4, 0.5) is 0 Å². The SMILES string of the molecule is Cc1cc(C2=C(c3cc(C)sc3C)OCC3(CO2)COC(c2cc(C)sc2C)=C(c2cc(C)sc2C)OC3)c(C)s1. The highest BCUT2D eigenvalue weighted by molar-refractivity contribution is 7.13. The summed E-state index contributed by atoms with van der Waals surface area (Å²) in [5.41, 5.74) is 3.92. The molecule has 6 rings (SSSR count). The number of hydrogen-bond donors (Lipinski definition) is 0. The second-order valence-electron chi connectivity index (χ2n) is 11.3. The van der Waals surface area contributed by atoms with Gasteiger partial charge in [0.05, 0.1) is 0 Å². The minimum atomic E-state index is -0.490. The van der Waals surface area contributed by atoms with Gasteiger partial charge in [0.25, 0.3) is 0 Å². The molecule has 0 aliphatic carbocycles. The van der Waals surface area contributed by atoms with Gasteiger partial charge in [-0.15, -0.1) is 45.3 Å². The van der Waals surface area contributed by atoms with Crippen LogP contribution in [0.15, 0.2) is 24.3 Å². The number of thiophene rings is 4. The lowest BCUT2D eigenvalue weighted by Crippen LogP contribution is -2.39. The van der Waals surface area contributed by atoms with Crippen molar-refractivity contribution in [2.24, 2.45) is 5.41 Å². The molecule has 0 saturated heterocycles. The van der Waals surface area contributed by atoms with E-state index in [1.54, 1.807) is 45.3 Å². The molecule has 0 saturated carbocycles. The third kappa shape index (κ3) is 5.40. The molecule has 4 aromatic rings. The third-order valence-corrected chi connectivity index (χ3v) is 11.5. The molecule has 0 fully saturated rings. The Morgan fingerprint density at radius 2 is 0.634 bits per heavy atom. The summed E-state index contributed by atoms with van der Waals surface area (Å²) in [5.74, 6) is 3.26. The van der Waals surface area contributed by atoms with Crippen molar-refractivity contribution in [1.29, 1.82) is 0 Å². The summed E-state index contributed by atoms with van der Waals surface area (Å²) in [6, 6.07) is 8.86. The molecule has 216 valence electrons. The first kappa shape index (κ1) is 28.6. The Hall–Kier alpha value is -2.52. The van der Waals surface area contributed by atoms with Crippen molar-refractivity contribution in [2.45, 2.75) is 55.4 Å². The Kier molecular flexibility index (Phi) is 7.64. The Morgan fingerprint density at radius 1 is 0.415 bits per heavy atom. The van der Waals surface area contributed by atoms with Gasteiger partial charge in [-0.25, -0.2) is 0 Å². The van der Waals surface area contributed by atoms with Gasteiger partial charge in [0.15, 0.2) is 23.0 Å². The zero-order valence-corrected chi connectivity index (χ0v) is 28.2. The van der Waals surface area contributed by atoms with Crippen LogP contribution in [-0.2, 0) is 18.9 Å². The van der Waals surface area contributed by atoms with Crippen molar-refractivity contribution >= 4 is 68.4 Å². The summed E-state index contributed by atoms with van der Waals surface area (Å²) in [4.78, 5) is 9.94. The first-order chi connectivity index (χ1) is 19.5. The highest BCUT2D eigenvalue weighted by atomic mass is 32.1. The van der Waals surface area contributed by atoms with Crippen LogP contribution < -0.4 is 0 Å². The van der Waals surface area contributed by atoms with Crippen LogP contribution in [0.2, 0.25) is 0 Å². The number of aryl methyl sites for hydroxylation is 8. The molecule has 0 bridgehead atoms. The Morgan fingerprint density at radius 3 is 0.805 bits per heavy atom. The fourth-order valence-electron chi connectivity index (χ4n) is 5.64. The van der Waals surface area contributed by atoms with Gasteiger partial charge in [0.2, 0.25) is 0 Å². The lowest BCUT2D eigenvalue weighted by Gasteiger charge is -2.28. The van der Waals surface area contributed by atoms with Crippen molar-refractivity contribution in [3.8, 4) is 0 Å². The molecule has 0 unspecified atom stereocenters. The fourth-order valence-corrected chi connectivity index (χ4v) is 9.32. The van der Waals surface area contributed by atoms with E-state index in [-0.39, 0.29) is 0 Å². The molecule has 0 amide bonds. The van der Waals surface area contributed by atoms with E-state index < -0.39 is 5.41 Å². The maximum Gasteiger partial charge on any atom is 0.170 e. The quantitative estimate of drug-likeness (QED) is 0.227. The maximum atomic E-state index is 6.79. The minimum Gasteiger partial charge on any atom is -0.488 e. The van der Waals surface area contributed by atoms with Gasteiger partial charge < -0.3 is 18.9 Å².